The highest BCUT2D eigenvalue weighted by Crippen LogP contribution is 2.22. The van der Waals surface area contributed by atoms with Gasteiger partial charge in [0.05, 0.1) is 5.52 Å². The van der Waals surface area contributed by atoms with E-state index in [1.54, 1.807) is 18.3 Å². The first-order valence-corrected chi connectivity index (χ1v) is 5.81. The maximum atomic E-state index is 10.8. The molecule has 0 radical (unpaired) electrons. The minimum absolute atomic E-state index is 0.00635. The van der Waals surface area contributed by atoms with Gasteiger partial charge in [-0.1, -0.05) is 6.07 Å². The number of rotatable bonds is 3. The number of carboxylic acids is 1. The van der Waals surface area contributed by atoms with Crippen molar-refractivity contribution in [3.8, 4) is 11.8 Å². The van der Waals surface area contributed by atoms with Gasteiger partial charge in [-0.25, -0.2) is 9.78 Å². The van der Waals surface area contributed by atoms with Crippen LogP contribution in [-0.4, -0.2) is 26.0 Å². The third-order valence-corrected chi connectivity index (χ3v) is 2.64. The molecule has 0 fully saturated rings. The predicted octanol–water partition coefficient (Wildman–Crippen LogP) is 2.52. The number of ether oxygens (including phenoxy) is 1. The number of aromatic carboxylic acids is 1. The lowest BCUT2D eigenvalue weighted by molar-refractivity contribution is 0.0689. The fourth-order valence-electron chi connectivity index (χ4n) is 1.73. The Morgan fingerprint density at radius 2 is 2.00 bits per heavy atom. The zero-order valence-electron chi connectivity index (χ0n) is 10.2. The molecule has 0 aliphatic carbocycles. The van der Waals surface area contributed by atoms with Crippen LogP contribution in [0, 0.1) is 0 Å². The number of pyridine rings is 1. The Labute approximate surface area is 113 Å². The van der Waals surface area contributed by atoms with E-state index in [1.165, 1.54) is 12.3 Å². The van der Waals surface area contributed by atoms with Crippen LogP contribution in [0.3, 0.4) is 0 Å². The number of carboxylic acid groups (broad SMARTS) is 1. The number of carbonyl (C=O) groups is 1. The molecule has 98 valence electrons. The van der Waals surface area contributed by atoms with Gasteiger partial charge in [0.2, 0.25) is 0 Å². The van der Waals surface area contributed by atoms with Crippen LogP contribution >= 0.6 is 0 Å². The van der Waals surface area contributed by atoms with Crippen LogP contribution in [0.25, 0.3) is 10.9 Å². The highest BCUT2D eigenvalue weighted by atomic mass is 16.5. The zero-order chi connectivity index (χ0) is 13.9. The van der Waals surface area contributed by atoms with Gasteiger partial charge in [-0.3, -0.25) is 4.98 Å². The summed E-state index contributed by atoms with van der Waals surface area (Å²) >= 11 is 0. The minimum Gasteiger partial charge on any atom is -0.477 e. The smallest absolute Gasteiger partial charge is 0.354 e. The standard InChI is InChI=1S/C14H9N3O3/c18-13(19)12-5-7-16-14(17-12)20-10-3-4-11-9(8-10)2-1-6-15-11/h1-8H,(H,18,19). The summed E-state index contributed by atoms with van der Waals surface area (Å²) in [6.45, 7) is 0. The second-order valence-corrected chi connectivity index (χ2v) is 3.99. The van der Waals surface area contributed by atoms with E-state index in [4.69, 9.17) is 9.84 Å². The molecule has 2 heterocycles. The third-order valence-electron chi connectivity index (χ3n) is 2.64. The van der Waals surface area contributed by atoms with Gasteiger partial charge in [-0.15, -0.1) is 0 Å². The van der Waals surface area contributed by atoms with Crippen molar-refractivity contribution in [2.75, 3.05) is 0 Å². The van der Waals surface area contributed by atoms with E-state index < -0.39 is 5.97 Å². The van der Waals surface area contributed by atoms with Crippen molar-refractivity contribution >= 4 is 16.9 Å². The van der Waals surface area contributed by atoms with Gasteiger partial charge >= 0.3 is 12.0 Å². The van der Waals surface area contributed by atoms with Crippen LogP contribution in [0.5, 0.6) is 11.8 Å². The van der Waals surface area contributed by atoms with Gasteiger partial charge in [0.1, 0.15) is 5.75 Å². The molecule has 3 rings (SSSR count). The molecular weight excluding hydrogens is 258 g/mol. The number of aromatic nitrogens is 3. The average molecular weight is 267 g/mol. The van der Waals surface area contributed by atoms with Crippen molar-refractivity contribution < 1.29 is 14.6 Å². The summed E-state index contributed by atoms with van der Waals surface area (Å²) in [4.78, 5) is 22.7. The molecule has 0 aliphatic heterocycles. The summed E-state index contributed by atoms with van der Waals surface area (Å²) in [5, 5.41) is 9.78. The molecule has 0 bridgehead atoms. The fraction of sp³-hybridized carbons (Fsp3) is 0. The normalized spacial score (nSPS) is 10.4. The Hall–Kier alpha value is -3.02. The Morgan fingerprint density at radius 3 is 2.85 bits per heavy atom. The van der Waals surface area contributed by atoms with Gasteiger partial charge in [-0.05, 0) is 30.3 Å². The molecule has 6 heteroatoms. The van der Waals surface area contributed by atoms with Crippen LogP contribution in [0.2, 0.25) is 0 Å². The number of hydrogen-bond donors (Lipinski definition) is 1. The first-order chi connectivity index (χ1) is 9.72. The van der Waals surface area contributed by atoms with Gasteiger partial charge < -0.3 is 9.84 Å². The molecule has 2 aromatic heterocycles. The molecule has 0 amide bonds. The van der Waals surface area contributed by atoms with Gasteiger partial charge in [0.15, 0.2) is 5.69 Å². The summed E-state index contributed by atoms with van der Waals surface area (Å²) in [5.41, 5.74) is 0.734. The zero-order valence-corrected chi connectivity index (χ0v) is 10.2. The molecule has 6 nitrogen and oxygen atoms in total. The van der Waals surface area contributed by atoms with Crippen LogP contribution in [-0.2, 0) is 0 Å². The molecule has 20 heavy (non-hydrogen) atoms. The van der Waals surface area contributed by atoms with Crippen LogP contribution in [0.1, 0.15) is 10.5 Å². The number of nitrogens with zero attached hydrogens (tertiary/aromatic N) is 3. The summed E-state index contributed by atoms with van der Waals surface area (Å²) in [6, 6.07) is 10.4. The quantitative estimate of drug-likeness (QED) is 0.784. The van der Waals surface area contributed by atoms with E-state index in [1.807, 2.05) is 18.2 Å². The topological polar surface area (TPSA) is 85.2 Å². The van der Waals surface area contributed by atoms with Crippen molar-refractivity contribution in [2.24, 2.45) is 0 Å². The summed E-state index contributed by atoms with van der Waals surface area (Å²) in [5.74, 6) is -0.604. The molecular formula is C14H9N3O3. The Morgan fingerprint density at radius 1 is 1.10 bits per heavy atom. The Balaban J connectivity index is 1.92. The molecule has 0 saturated carbocycles. The maximum Gasteiger partial charge on any atom is 0.354 e. The van der Waals surface area contributed by atoms with Gasteiger partial charge in [0, 0.05) is 17.8 Å². The molecule has 0 atom stereocenters. The first-order valence-electron chi connectivity index (χ1n) is 5.81. The second kappa shape index (κ2) is 4.93. The SMILES string of the molecule is O=C(O)c1ccnc(Oc2ccc3ncccc3c2)n1. The lowest BCUT2D eigenvalue weighted by Crippen LogP contribution is -2.02. The number of fused-ring (bicyclic) bond motifs is 1. The van der Waals surface area contributed by atoms with Crippen molar-refractivity contribution in [2.45, 2.75) is 0 Å². The molecule has 0 aliphatic rings. The van der Waals surface area contributed by atoms with Crippen molar-refractivity contribution in [3.63, 3.8) is 0 Å². The highest BCUT2D eigenvalue weighted by Gasteiger charge is 2.08. The van der Waals surface area contributed by atoms with E-state index in [-0.39, 0.29) is 11.7 Å². The highest BCUT2D eigenvalue weighted by molar-refractivity contribution is 5.85. The van der Waals surface area contributed by atoms with E-state index >= 15 is 0 Å². The number of benzene rings is 1. The molecule has 0 saturated heterocycles. The van der Waals surface area contributed by atoms with Crippen LogP contribution in [0.15, 0.2) is 48.8 Å². The monoisotopic (exact) mass is 267 g/mol. The van der Waals surface area contributed by atoms with E-state index in [0.717, 1.165) is 10.9 Å². The Kier molecular flexibility index (Phi) is 2.96. The van der Waals surface area contributed by atoms with Gasteiger partial charge in [-0.2, -0.15) is 4.98 Å². The predicted molar refractivity (Wildman–Crippen MR) is 70.8 cm³/mol. The van der Waals surface area contributed by atoms with Crippen molar-refractivity contribution in [1.29, 1.82) is 0 Å². The van der Waals surface area contributed by atoms with E-state index in [2.05, 4.69) is 15.0 Å². The molecule has 0 unspecified atom stereocenters. The van der Waals surface area contributed by atoms with E-state index in [9.17, 15) is 4.79 Å². The fourth-order valence-corrected chi connectivity index (χ4v) is 1.73. The summed E-state index contributed by atoms with van der Waals surface area (Å²) in [7, 11) is 0. The van der Waals surface area contributed by atoms with Crippen LogP contribution < -0.4 is 4.74 Å². The number of hydrogen-bond acceptors (Lipinski definition) is 5. The van der Waals surface area contributed by atoms with Crippen molar-refractivity contribution in [1.82, 2.24) is 15.0 Å². The molecule has 3 aromatic rings. The maximum absolute atomic E-state index is 10.8. The largest absolute Gasteiger partial charge is 0.477 e. The van der Waals surface area contributed by atoms with Crippen molar-refractivity contribution in [3.05, 3.63) is 54.5 Å². The lowest BCUT2D eigenvalue weighted by Gasteiger charge is -2.05. The summed E-state index contributed by atoms with van der Waals surface area (Å²) in [6.07, 6.45) is 3.05. The van der Waals surface area contributed by atoms with E-state index in [0.29, 0.717) is 5.75 Å². The molecule has 1 aromatic carbocycles. The Bertz CT molecular complexity index is 789. The molecule has 1 N–H and O–H groups in total. The lowest BCUT2D eigenvalue weighted by atomic mass is 10.2. The molecule has 0 spiro atoms. The second-order valence-electron chi connectivity index (χ2n) is 3.99. The first kappa shape index (κ1) is 12.0. The third kappa shape index (κ3) is 2.39. The minimum atomic E-state index is -1.13. The average Bonchev–Trinajstić information content (AvgIpc) is 2.47. The van der Waals surface area contributed by atoms with Gasteiger partial charge in [0.25, 0.3) is 0 Å². The summed E-state index contributed by atoms with van der Waals surface area (Å²) < 4.78 is 5.46. The van der Waals surface area contributed by atoms with Crippen LogP contribution in [0.4, 0.5) is 0 Å².